The van der Waals surface area contributed by atoms with Gasteiger partial charge >= 0.3 is 6.18 Å². The van der Waals surface area contributed by atoms with E-state index in [1.807, 2.05) is 26.1 Å². The summed E-state index contributed by atoms with van der Waals surface area (Å²) >= 11 is 0. The van der Waals surface area contributed by atoms with E-state index in [9.17, 15) is 22.0 Å². The van der Waals surface area contributed by atoms with Gasteiger partial charge in [0.15, 0.2) is 0 Å². The summed E-state index contributed by atoms with van der Waals surface area (Å²) in [7, 11) is 0. The second-order valence-electron chi connectivity index (χ2n) is 10.1. The van der Waals surface area contributed by atoms with Crippen LogP contribution in [0.1, 0.15) is 61.0 Å². The zero-order valence-corrected chi connectivity index (χ0v) is 21.5. The summed E-state index contributed by atoms with van der Waals surface area (Å²) in [5.41, 5.74) is 3.86. The highest BCUT2D eigenvalue weighted by atomic mass is 19.4. The topological polar surface area (TPSA) is 64.9 Å². The van der Waals surface area contributed by atoms with Crippen molar-refractivity contribution in [3.8, 4) is 5.69 Å². The van der Waals surface area contributed by atoms with Gasteiger partial charge < -0.3 is 10.1 Å². The molecule has 11 heteroatoms. The first kappa shape index (κ1) is 27.0. The molecule has 1 fully saturated rings. The first-order valence-electron chi connectivity index (χ1n) is 12.7. The summed E-state index contributed by atoms with van der Waals surface area (Å²) in [6.45, 7) is 3.93. The Bertz CT molecular complexity index is 1400. The molecule has 1 N–H and O–H groups in total. The van der Waals surface area contributed by atoms with Gasteiger partial charge in [-0.05, 0) is 93.6 Å². The number of benzene rings is 2. The van der Waals surface area contributed by atoms with E-state index < -0.39 is 24.3 Å². The van der Waals surface area contributed by atoms with Gasteiger partial charge in [0.25, 0.3) is 5.82 Å². The molecule has 5 rings (SSSR count). The molecule has 1 unspecified atom stereocenters. The largest absolute Gasteiger partial charge is 0.453 e. The van der Waals surface area contributed by atoms with Gasteiger partial charge in [-0.15, -0.1) is 5.10 Å². The van der Waals surface area contributed by atoms with E-state index in [2.05, 4.69) is 20.8 Å². The lowest BCUT2D eigenvalue weighted by Gasteiger charge is -2.30. The highest BCUT2D eigenvalue weighted by Crippen LogP contribution is 2.53. The van der Waals surface area contributed by atoms with Crippen molar-refractivity contribution in [3.05, 3.63) is 88.6 Å². The number of halogens is 5. The number of hydrogen-bond donors (Lipinski definition) is 1. The van der Waals surface area contributed by atoms with Gasteiger partial charge in [0, 0.05) is 12.5 Å². The van der Waals surface area contributed by atoms with Gasteiger partial charge in [0.1, 0.15) is 12.5 Å². The zero-order valence-electron chi connectivity index (χ0n) is 21.5. The minimum atomic E-state index is -4.72. The standard InChI is InChI=1S/C28H28F5N5O/c1-17(2)23-8-7-22(38-26(28(31,32)33)35-36-37-38)13-24(23)20-14-27(39-16-20)10-9-19(15-34-12-11-29)25(27)18-3-5-21(30)6-4-18/h3-8,13-15,17,25,34H,9-12,16H2,1-2H3/b19-15+/t25?,27-/m1/s1. The summed E-state index contributed by atoms with van der Waals surface area (Å²) in [6, 6.07) is 11.3. The number of aromatic nitrogens is 4. The molecule has 2 heterocycles. The lowest BCUT2D eigenvalue weighted by molar-refractivity contribution is -0.146. The maximum Gasteiger partial charge on any atom is 0.453 e. The zero-order chi connectivity index (χ0) is 27.8. The Labute approximate surface area is 222 Å². The normalized spacial score (nSPS) is 22.3. The van der Waals surface area contributed by atoms with Crippen molar-refractivity contribution in [2.24, 2.45) is 0 Å². The Morgan fingerprint density at radius 3 is 2.64 bits per heavy atom. The molecular formula is C28H28F5N5O. The third kappa shape index (κ3) is 5.19. The molecule has 1 aliphatic heterocycles. The van der Waals surface area contributed by atoms with Gasteiger partial charge in [-0.25, -0.2) is 8.78 Å². The van der Waals surface area contributed by atoms with E-state index in [-0.39, 0.29) is 36.5 Å². The highest BCUT2D eigenvalue weighted by Gasteiger charge is 2.49. The maximum absolute atomic E-state index is 13.7. The fourth-order valence-corrected chi connectivity index (χ4v) is 5.56. The Morgan fingerprint density at radius 1 is 1.18 bits per heavy atom. The lowest BCUT2D eigenvalue weighted by Crippen LogP contribution is -2.31. The molecule has 0 bridgehead atoms. The number of rotatable bonds is 7. The Hall–Kier alpha value is -3.60. The van der Waals surface area contributed by atoms with Gasteiger partial charge in [-0.1, -0.05) is 32.0 Å². The predicted molar refractivity (Wildman–Crippen MR) is 135 cm³/mol. The van der Waals surface area contributed by atoms with Crippen molar-refractivity contribution in [2.45, 2.75) is 50.3 Å². The first-order valence-corrected chi connectivity index (χ1v) is 12.7. The van der Waals surface area contributed by atoms with Crippen molar-refractivity contribution in [1.82, 2.24) is 25.5 Å². The summed E-state index contributed by atoms with van der Waals surface area (Å²) in [4.78, 5) is 0. The number of hydrogen-bond acceptors (Lipinski definition) is 5. The van der Waals surface area contributed by atoms with E-state index in [0.29, 0.717) is 17.5 Å². The second kappa shape index (κ2) is 10.5. The van der Waals surface area contributed by atoms with Crippen LogP contribution in [0.25, 0.3) is 11.3 Å². The Morgan fingerprint density at radius 2 is 1.95 bits per heavy atom. The van der Waals surface area contributed by atoms with Crippen molar-refractivity contribution in [1.29, 1.82) is 0 Å². The summed E-state index contributed by atoms with van der Waals surface area (Å²) in [5, 5.41) is 13.0. The van der Waals surface area contributed by atoms with Crippen LogP contribution < -0.4 is 5.32 Å². The quantitative estimate of drug-likeness (QED) is 0.287. The van der Waals surface area contributed by atoms with Gasteiger partial charge in [-0.3, -0.25) is 0 Å². The molecule has 0 saturated heterocycles. The smallest absolute Gasteiger partial charge is 0.388 e. The third-order valence-electron chi connectivity index (χ3n) is 7.28. The van der Waals surface area contributed by atoms with E-state index in [4.69, 9.17) is 4.74 Å². The van der Waals surface area contributed by atoms with E-state index >= 15 is 0 Å². The molecule has 1 aromatic heterocycles. The predicted octanol–water partition coefficient (Wildman–Crippen LogP) is 6.12. The van der Waals surface area contributed by atoms with Crippen LogP contribution in [0.15, 0.2) is 60.3 Å². The van der Waals surface area contributed by atoms with Crippen LogP contribution in [-0.4, -0.2) is 45.6 Å². The van der Waals surface area contributed by atoms with Crippen molar-refractivity contribution in [3.63, 3.8) is 0 Å². The summed E-state index contributed by atoms with van der Waals surface area (Å²) < 4.78 is 74.2. The fraction of sp³-hybridized carbons (Fsp3) is 0.393. The van der Waals surface area contributed by atoms with E-state index in [0.717, 1.165) is 27.8 Å². The van der Waals surface area contributed by atoms with Crippen LogP contribution in [0, 0.1) is 5.82 Å². The minimum absolute atomic E-state index is 0.0827. The molecular weight excluding hydrogens is 517 g/mol. The van der Waals surface area contributed by atoms with Crippen LogP contribution >= 0.6 is 0 Å². The number of ether oxygens (including phenoxy) is 1. The van der Waals surface area contributed by atoms with Gasteiger partial charge in [-0.2, -0.15) is 17.9 Å². The molecule has 206 valence electrons. The molecule has 0 radical (unpaired) electrons. The number of alkyl halides is 4. The van der Waals surface area contributed by atoms with Crippen molar-refractivity contribution in [2.75, 3.05) is 19.8 Å². The number of nitrogens with zero attached hydrogens (tertiary/aromatic N) is 4. The maximum atomic E-state index is 13.7. The Balaban J connectivity index is 1.59. The SMILES string of the molecule is CC(C)c1ccc(-n2nnnc2C(F)(F)F)cc1C1=C[C@@]2(CC/C(=C\NCCF)C2c2ccc(F)cc2)OC1. The van der Waals surface area contributed by atoms with Gasteiger partial charge in [0.2, 0.25) is 0 Å². The molecule has 1 saturated carbocycles. The van der Waals surface area contributed by atoms with Crippen LogP contribution in [0.5, 0.6) is 0 Å². The molecule has 6 nitrogen and oxygen atoms in total. The van der Waals surface area contributed by atoms with Crippen LogP contribution in [0.4, 0.5) is 22.0 Å². The van der Waals surface area contributed by atoms with Crippen LogP contribution in [0.3, 0.4) is 0 Å². The van der Waals surface area contributed by atoms with E-state index in [1.54, 1.807) is 30.3 Å². The average Bonchev–Trinajstić information content (AvgIpc) is 3.64. The minimum Gasteiger partial charge on any atom is -0.388 e. The van der Waals surface area contributed by atoms with Crippen LogP contribution in [0.2, 0.25) is 0 Å². The molecule has 3 aromatic rings. The molecule has 2 aliphatic rings. The monoisotopic (exact) mass is 545 g/mol. The molecule has 39 heavy (non-hydrogen) atoms. The fourth-order valence-electron chi connectivity index (χ4n) is 5.56. The first-order chi connectivity index (χ1) is 18.6. The van der Waals surface area contributed by atoms with E-state index in [1.165, 1.54) is 12.1 Å². The lowest BCUT2D eigenvalue weighted by atomic mass is 9.81. The summed E-state index contributed by atoms with van der Waals surface area (Å²) in [5.74, 6) is -1.72. The van der Waals surface area contributed by atoms with Crippen molar-refractivity contribution < 1.29 is 26.7 Å². The molecule has 0 amide bonds. The second-order valence-corrected chi connectivity index (χ2v) is 10.1. The molecule has 1 aliphatic carbocycles. The molecule has 2 aromatic carbocycles. The number of nitrogens with one attached hydrogen (secondary N) is 1. The number of tetrazole rings is 1. The third-order valence-corrected chi connectivity index (χ3v) is 7.28. The van der Waals surface area contributed by atoms with Gasteiger partial charge in [0.05, 0.1) is 17.9 Å². The van der Waals surface area contributed by atoms with Crippen molar-refractivity contribution >= 4 is 5.57 Å². The summed E-state index contributed by atoms with van der Waals surface area (Å²) in [6.07, 6.45) is 0.469. The Kier molecular flexibility index (Phi) is 7.28. The molecule has 2 atom stereocenters. The molecule has 1 spiro atoms. The average molecular weight is 546 g/mol. The highest BCUT2D eigenvalue weighted by molar-refractivity contribution is 5.74. The van der Waals surface area contributed by atoms with Crippen LogP contribution in [-0.2, 0) is 10.9 Å².